The van der Waals surface area contributed by atoms with Gasteiger partial charge in [0.15, 0.2) is 0 Å². The quantitative estimate of drug-likeness (QED) is 0.674. The fourth-order valence-electron chi connectivity index (χ4n) is 1.77. The summed E-state index contributed by atoms with van der Waals surface area (Å²) < 4.78 is 5.26. The molecule has 0 aromatic carbocycles. The molecule has 1 heterocycles. The first-order valence-electron chi connectivity index (χ1n) is 5.41. The maximum absolute atomic E-state index is 11.9. The minimum Gasteiger partial charge on any atom is -0.481 e. The summed E-state index contributed by atoms with van der Waals surface area (Å²) in [6.45, 7) is 3.44. The molecule has 6 nitrogen and oxygen atoms in total. The van der Waals surface area contributed by atoms with Crippen LogP contribution in [0.3, 0.4) is 0 Å². The highest BCUT2D eigenvalue weighted by Gasteiger charge is 2.30. The van der Waals surface area contributed by atoms with Crippen molar-refractivity contribution >= 4 is 11.9 Å². The maximum Gasteiger partial charge on any atom is 0.305 e. The molecule has 2 atom stereocenters. The average Bonchev–Trinajstić information content (AvgIpc) is 2.27. The predicted molar refractivity (Wildman–Crippen MR) is 56.8 cm³/mol. The molecule has 0 bridgehead atoms. The number of hydrogen-bond donors (Lipinski definition) is 2. The van der Waals surface area contributed by atoms with Crippen molar-refractivity contribution in [1.82, 2.24) is 4.90 Å². The lowest BCUT2D eigenvalue weighted by atomic mass is 10.1. The normalized spacial score (nSPS) is 22.9. The van der Waals surface area contributed by atoms with Gasteiger partial charge in [0.05, 0.1) is 31.7 Å². The Kier molecular flexibility index (Phi) is 4.70. The van der Waals surface area contributed by atoms with Crippen LogP contribution < -0.4 is 5.73 Å². The Labute approximate surface area is 94.3 Å². The molecule has 92 valence electrons. The maximum atomic E-state index is 11.9. The second-order valence-electron chi connectivity index (χ2n) is 3.87. The first-order chi connectivity index (χ1) is 7.56. The van der Waals surface area contributed by atoms with E-state index in [9.17, 15) is 9.59 Å². The molecule has 0 aromatic heterocycles. The van der Waals surface area contributed by atoms with Gasteiger partial charge in [-0.25, -0.2) is 0 Å². The first kappa shape index (κ1) is 12.9. The molecule has 0 aromatic rings. The van der Waals surface area contributed by atoms with Crippen LogP contribution in [0.15, 0.2) is 0 Å². The molecule has 3 N–H and O–H groups in total. The van der Waals surface area contributed by atoms with E-state index in [2.05, 4.69) is 0 Å². The molecule has 0 aliphatic carbocycles. The number of amides is 1. The highest BCUT2D eigenvalue weighted by molar-refractivity contribution is 5.86. The van der Waals surface area contributed by atoms with E-state index in [1.165, 1.54) is 0 Å². The minimum absolute atomic E-state index is 0.0149. The number of carboxylic acids is 1. The van der Waals surface area contributed by atoms with Crippen molar-refractivity contribution in [2.75, 3.05) is 19.8 Å². The van der Waals surface area contributed by atoms with Gasteiger partial charge in [0.1, 0.15) is 0 Å². The lowest BCUT2D eigenvalue weighted by Gasteiger charge is -2.36. The van der Waals surface area contributed by atoms with Gasteiger partial charge >= 0.3 is 5.97 Å². The van der Waals surface area contributed by atoms with Crippen LogP contribution in [0.2, 0.25) is 0 Å². The molecule has 1 amide bonds. The van der Waals surface area contributed by atoms with E-state index in [1.807, 2.05) is 6.92 Å². The number of rotatable bonds is 4. The van der Waals surface area contributed by atoms with E-state index in [0.717, 1.165) is 6.42 Å². The molecule has 1 aliphatic rings. The Morgan fingerprint density at radius 2 is 2.31 bits per heavy atom. The largest absolute Gasteiger partial charge is 0.481 e. The fraction of sp³-hybridized carbons (Fsp3) is 0.800. The summed E-state index contributed by atoms with van der Waals surface area (Å²) in [6, 6.07) is -0.939. The number of morpholine rings is 1. The summed E-state index contributed by atoms with van der Waals surface area (Å²) in [5.74, 6) is -1.35. The van der Waals surface area contributed by atoms with E-state index in [1.54, 1.807) is 4.90 Å². The lowest BCUT2D eigenvalue weighted by Crippen LogP contribution is -2.54. The Bertz CT molecular complexity index is 270. The molecule has 1 fully saturated rings. The number of carbonyl (C=O) groups excluding carboxylic acids is 1. The van der Waals surface area contributed by atoms with Crippen LogP contribution in [0, 0.1) is 0 Å². The molecule has 0 spiro atoms. The van der Waals surface area contributed by atoms with Crippen LogP contribution >= 0.6 is 0 Å². The van der Waals surface area contributed by atoms with Crippen LogP contribution in [-0.4, -0.2) is 53.7 Å². The summed E-state index contributed by atoms with van der Waals surface area (Å²) in [4.78, 5) is 24.0. The van der Waals surface area contributed by atoms with Crippen LogP contribution in [0.25, 0.3) is 0 Å². The van der Waals surface area contributed by atoms with Crippen molar-refractivity contribution < 1.29 is 19.4 Å². The number of hydrogen-bond acceptors (Lipinski definition) is 4. The van der Waals surface area contributed by atoms with Gasteiger partial charge in [-0.2, -0.15) is 0 Å². The number of aliphatic carboxylic acids is 1. The molecule has 0 radical (unpaired) electrons. The smallest absolute Gasteiger partial charge is 0.305 e. The molecule has 6 heteroatoms. The monoisotopic (exact) mass is 230 g/mol. The molecule has 16 heavy (non-hydrogen) atoms. The van der Waals surface area contributed by atoms with E-state index in [4.69, 9.17) is 15.6 Å². The van der Waals surface area contributed by atoms with Crippen molar-refractivity contribution in [1.29, 1.82) is 0 Å². The number of ether oxygens (including phenoxy) is 1. The van der Waals surface area contributed by atoms with Gasteiger partial charge in [0, 0.05) is 6.54 Å². The third-order valence-electron chi connectivity index (χ3n) is 2.69. The number of carbonyl (C=O) groups is 2. The van der Waals surface area contributed by atoms with Crippen LogP contribution in [-0.2, 0) is 14.3 Å². The number of nitrogens with zero attached hydrogens (tertiary/aromatic N) is 1. The molecule has 1 aliphatic heterocycles. The second kappa shape index (κ2) is 5.81. The van der Waals surface area contributed by atoms with Gasteiger partial charge in [-0.1, -0.05) is 6.92 Å². The van der Waals surface area contributed by atoms with Crippen LogP contribution in [0.5, 0.6) is 0 Å². The van der Waals surface area contributed by atoms with Crippen LogP contribution in [0.1, 0.15) is 19.8 Å². The Balaban J connectivity index is 2.59. The topological polar surface area (TPSA) is 92.9 Å². The van der Waals surface area contributed by atoms with Crippen LogP contribution in [0.4, 0.5) is 0 Å². The van der Waals surface area contributed by atoms with Crippen molar-refractivity contribution in [3.05, 3.63) is 0 Å². The lowest BCUT2D eigenvalue weighted by molar-refractivity contribution is -0.146. The van der Waals surface area contributed by atoms with Crippen molar-refractivity contribution in [3.63, 3.8) is 0 Å². The fourth-order valence-corrected chi connectivity index (χ4v) is 1.77. The Morgan fingerprint density at radius 3 is 2.88 bits per heavy atom. The predicted octanol–water partition coefficient (Wildman–Crippen LogP) is -0.574. The highest BCUT2D eigenvalue weighted by Crippen LogP contribution is 2.12. The molecule has 0 saturated carbocycles. The Hall–Kier alpha value is -1.14. The minimum atomic E-state index is -1.05. The Morgan fingerprint density at radius 1 is 1.62 bits per heavy atom. The third-order valence-corrected chi connectivity index (χ3v) is 2.69. The first-order valence-corrected chi connectivity index (χ1v) is 5.41. The zero-order valence-corrected chi connectivity index (χ0v) is 9.39. The summed E-state index contributed by atoms with van der Waals surface area (Å²) in [5.41, 5.74) is 5.55. The van der Waals surface area contributed by atoms with E-state index in [-0.39, 0.29) is 18.4 Å². The number of nitrogens with two attached hydrogens (primary N) is 1. The van der Waals surface area contributed by atoms with E-state index >= 15 is 0 Å². The second-order valence-corrected chi connectivity index (χ2v) is 3.87. The molecule has 1 saturated heterocycles. The average molecular weight is 230 g/mol. The summed E-state index contributed by atoms with van der Waals surface area (Å²) in [7, 11) is 0. The zero-order valence-electron chi connectivity index (χ0n) is 9.39. The number of carboxylic acid groups (broad SMARTS) is 1. The van der Waals surface area contributed by atoms with Gasteiger partial charge < -0.3 is 20.5 Å². The molecular weight excluding hydrogens is 212 g/mol. The summed E-state index contributed by atoms with van der Waals surface area (Å²) in [6.07, 6.45) is 0.457. The molecular formula is C10H18N2O4. The molecule has 2 unspecified atom stereocenters. The molecule has 1 rings (SSSR count). The van der Waals surface area contributed by atoms with Crippen molar-refractivity contribution in [2.45, 2.75) is 31.8 Å². The van der Waals surface area contributed by atoms with Crippen molar-refractivity contribution in [2.24, 2.45) is 5.73 Å². The summed E-state index contributed by atoms with van der Waals surface area (Å²) >= 11 is 0. The SMILES string of the molecule is CCC1COCCN1C(=O)C(N)CC(=O)O. The van der Waals surface area contributed by atoms with Gasteiger partial charge in [-0.15, -0.1) is 0 Å². The third kappa shape index (κ3) is 3.18. The standard InChI is InChI=1S/C10H18N2O4/c1-2-7-6-16-4-3-12(7)10(15)8(11)5-9(13)14/h7-8H,2-6,11H2,1H3,(H,13,14). The highest BCUT2D eigenvalue weighted by atomic mass is 16.5. The van der Waals surface area contributed by atoms with Gasteiger partial charge in [-0.05, 0) is 6.42 Å². The zero-order chi connectivity index (χ0) is 12.1. The van der Waals surface area contributed by atoms with Gasteiger partial charge in [-0.3, -0.25) is 9.59 Å². The van der Waals surface area contributed by atoms with E-state index in [0.29, 0.717) is 19.8 Å². The summed E-state index contributed by atoms with van der Waals surface area (Å²) in [5, 5.41) is 8.58. The van der Waals surface area contributed by atoms with E-state index < -0.39 is 12.0 Å². The van der Waals surface area contributed by atoms with Gasteiger partial charge in [0.25, 0.3) is 0 Å². The van der Waals surface area contributed by atoms with Gasteiger partial charge in [0.2, 0.25) is 5.91 Å². The van der Waals surface area contributed by atoms with Crippen molar-refractivity contribution in [3.8, 4) is 0 Å².